The van der Waals surface area contributed by atoms with E-state index < -0.39 is 11.2 Å². The van der Waals surface area contributed by atoms with E-state index >= 15 is 0 Å². The van der Waals surface area contributed by atoms with Gasteiger partial charge in [0.25, 0.3) is 5.91 Å². The van der Waals surface area contributed by atoms with Gasteiger partial charge in [0.1, 0.15) is 5.00 Å². The monoisotopic (exact) mass is 573 g/mol. The second kappa shape index (κ2) is 12.0. The zero-order valence-electron chi connectivity index (χ0n) is 23.1. The third kappa shape index (κ3) is 6.55. The van der Waals surface area contributed by atoms with Gasteiger partial charge in [0, 0.05) is 11.9 Å². The number of thiophene rings is 1. The van der Waals surface area contributed by atoms with Gasteiger partial charge in [-0.15, -0.1) is 21.5 Å². The molecule has 0 aromatic carbocycles. The number of anilines is 1. The number of nitrogens with zero attached hydrogens (tertiary/aromatic N) is 3. The van der Waals surface area contributed by atoms with E-state index in [-0.39, 0.29) is 36.1 Å². The molecular weight excluding hydrogens is 538 g/mol. The van der Waals surface area contributed by atoms with Crippen molar-refractivity contribution in [2.24, 2.45) is 18.4 Å². The van der Waals surface area contributed by atoms with Crippen molar-refractivity contribution in [3.63, 3.8) is 0 Å². The summed E-state index contributed by atoms with van der Waals surface area (Å²) in [5.41, 5.74) is 1.66. The van der Waals surface area contributed by atoms with Crippen LogP contribution in [0.2, 0.25) is 0 Å². The van der Waals surface area contributed by atoms with Gasteiger partial charge < -0.3 is 24.4 Å². The molecule has 12 heteroatoms. The highest BCUT2D eigenvalue weighted by Gasteiger charge is 2.35. The van der Waals surface area contributed by atoms with Crippen molar-refractivity contribution in [2.45, 2.75) is 70.8 Å². The number of furan rings is 1. The van der Waals surface area contributed by atoms with Crippen molar-refractivity contribution in [1.82, 2.24) is 20.1 Å². The van der Waals surface area contributed by atoms with Crippen LogP contribution >= 0.6 is 23.1 Å². The summed E-state index contributed by atoms with van der Waals surface area (Å²) in [5, 5.41) is 14.6. The number of hydrogen-bond donors (Lipinski definition) is 2. The fraction of sp³-hybridized carbons (Fsp3) is 0.519. The Hall–Kier alpha value is -3.12. The minimum absolute atomic E-state index is 0.156. The molecule has 0 saturated carbocycles. The Labute approximate surface area is 236 Å². The van der Waals surface area contributed by atoms with Crippen LogP contribution in [-0.2, 0) is 36.0 Å². The lowest BCUT2D eigenvalue weighted by Crippen LogP contribution is -2.27. The van der Waals surface area contributed by atoms with Crippen molar-refractivity contribution in [3.05, 3.63) is 46.0 Å². The molecule has 3 aromatic rings. The van der Waals surface area contributed by atoms with E-state index in [0.717, 1.165) is 29.7 Å². The Morgan fingerprint density at radius 1 is 1.31 bits per heavy atom. The number of esters is 1. The largest absolute Gasteiger partial charge is 0.462 e. The number of carbonyl (C=O) groups is 3. The summed E-state index contributed by atoms with van der Waals surface area (Å²) in [6.07, 6.45) is 4.10. The first kappa shape index (κ1) is 28.9. The molecule has 0 aliphatic heterocycles. The number of nitrogens with one attached hydrogen (secondary N) is 2. The normalized spacial score (nSPS) is 15.9. The standard InChI is InChI=1S/C27H35N5O5S2/c1-7-36-25(35)21-17-11-10-16(27(3,4)5)13-19(17)39-24(21)29-22(33)15(2)38-26-31-30-20(32(26)6)14-28-23(34)18-9-8-12-37-18/h8-9,12,15-16H,7,10-11,13-14H2,1-6H3,(H,28,34)(H,29,33). The average molecular weight is 574 g/mol. The molecule has 3 heterocycles. The molecular formula is C27H35N5O5S2. The van der Waals surface area contributed by atoms with Crippen LogP contribution in [0.3, 0.4) is 0 Å². The number of hydrogen-bond acceptors (Lipinski definition) is 9. The lowest BCUT2D eigenvalue weighted by atomic mass is 9.72. The van der Waals surface area contributed by atoms with Gasteiger partial charge >= 0.3 is 5.97 Å². The van der Waals surface area contributed by atoms with Gasteiger partial charge in [0.2, 0.25) is 5.91 Å². The first-order valence-electron chi connectivity index (χ1n) is 13.0. The molecule has 2 atom stereocenters. The third-order valence-electron chi connectivity index (χ3n) is 6.93. The first-order chi connectivity index (χ1) is 18.5. The molecule has 2 unspecified atom stereocenters. The molecule has 1 aliphatic rings. The van der Waals surface area contributed by atoms with E-state index in [4.69, 9.17) is 9.15 Å². The summed E-state index contributed by atoms with van der Waals surface area (Å²) in [6, 6.07) is 3.22. The second-order valence-corrected chi connectivity index (χ2v) is 13.0. The summed E-state index contributed by atoms with van der Waals surface area (Å²) < 4.78 is 12.2. The van der Waals surface area contributed by atoms with Crippen molar-refractivity contribution >= 4 is 45.9 Å². The fourth-order valence-electron chi connectivity index (χ4n) is 4.51. The van der Waals surface area contributed by atoms with E-state index in [1.54, 1.807) is 37.6 Å². The van der Waals surface area contributed by atoms with Crippen molar-refractivity contribution < 1.29 is 23.5 Å². The van der Waals surface area contributed by atoms with Crippen molar-refractivity contribution in [1.29, 1.82) is 0 Å². The Kier molecular flexibility index (Phi) is 8.85. The molecule has 0 saturated heterocycles. The van der Waals surface area contributed by atoms with Crippen LogP contribution in [0.5, 0.6) is 0 Å². The molecule has 210 valence electrons. The Morgan fingerprint density at radius 2 is 2.08 bits per heavy atom. The third-order valence-corrected chi connectivity index (χ3v) is 9.24. The van der Waals surface area contributed by atoms with Crippen LogP contribution in [0, 0.1) is 11.3 Å². The Morgan fingerprint density at radius 3 is 2.74 bits per heavy atom. The number of ether oxygens (including phenoxy) is 1. The maximum atomic E-state index is 13.2. The SMILES string of the molecule is CCOC(=O)c1c(NC(=O)C(C)Sc2nnc(CNC(=O)c3ccco3)n2C)sc2c1CCC(C(C)(C)C)C2. The molecule has 0 spiro atoms. The minimum atomic E-state index is -0.519. The predicted molar refractivity (Wildman–Crippen MR) is 150 cm³/mol. The molecule has 0 bridgehead atoms. The number of amides is 2. The Bertz CT molecular complexity index is 1340. The van der Waals surface area contributed by atoms with Crippen LogP contribution in [0.4, 0.5) is 5.00 Å². The molecule has 10 nitrogen and oxygen atoms in total. The van der Waals surface area contributed by atoms with Gasteiger partial charge in [-0.3, -0.25) is 9.59 Å². The summed E-state index contributed by atoms with van der Waals surface area (Å²) in [6.45, 7) is 10.7. The van der Waals surface area contributed by atoms with Gasteiger partial charge in [-0.05, 0) is 62.1 Å². The number of rotatable bonds is 9. The van der Waals surface area contributed by atoms with Crippen LogP contribution in [-0.4, -0.2) is 44.4 Å². The molecule has 0 fully saturated rings. The van der Waals surface area contributed by atoms with Crippen LogP contribution < -0.4 is 10.6 Å². The lowest BCUT2D eigenvalue weighted by molar-refractivity contribution is -0.115. The minimum Gasteiger partial charge on any atom is -0.462 e. The molecule has 39 heavy (non-hydrogen) atoms. The predicted octanol–water partition coefficient (Wildman–Crippen LogP) is 4.85. The lowest BCUT2D eigenvalue weighted by Gasteiger charge is -2.33. The molecule has 2 N–H and O–H groups in total. The van der Waals surface area contributed by atoms with Gasteiger partial charge in [0.05, 0.1) is 30.2 Å². The number of thioether (sulfide) groups is 1. The van der Waals surface area contributed by atoms with Gasteiger partial charge in [-0.2, -0.15) is 0 Å². The fourth-order valence-corrected chi connectivity index (χ4v) is 6.67. The summed E-state index contributed by atoms with van der Waals surface area (Å²) in [5.74, 6) is 0.263. The van der Waals surface area contributed by atoms with Gasteiger partial charge in [-0.25, -0.2) is 4.79 Å². The highest BCUT2D eigenvalue weighted by Crippen LogP contribution is 2.44. The van der Waals surface area contributed by atoms with Crippen LogP contribution in [0.15, 0.2) is 28.0 Å². The molecule has 4 rings (SSSR count). The van der Waals surface area contributed by atoms with E-state index in [9.17, 15) is 14.4 Å². The van der Waals surface area contributed by atoms with E-state index in [1.807, 2.05) is 0 Å². The smallest absolute Gasteiger partial charge is 0.341 e. The van der Waals surface area contributed by atoms with E-state index in [2.05, 4.69) is 41.6 Å². The average Bonchev–Trinajstić information content (AvgIpc) is 3.61. The summed E-state index contributed by atoms with van der Waals surface area (Å²) in [7, 11) is 1.78. The molecule has 0 radical (unpaired) electrons. The Balaban J connectivity index is 1.44. The summed E-state index contributed by atoms with van der Waals surface area (Å²) >= 11 is 2.73. The zero-order valence-corrected chi connectivity index (χ0v) is 24.8. The van der Waals surface area contributed by atoms with E-state index in [1.165, 1.54) is 29.4 Å². The number of fused-ring (bicyclic) bond motifs is 1. The quantitative estimate of drug-likeness (QED) is 0.275. The highest BCUT2D eigenvalue weighted by molar-refractivity contribution is 8.00. The maximum Gasteiger partial charge on any atom is 0.341 e. The molecule has 1 aliphatic carbocycles. The topological polar surface area (TPSA) is 128 Å². The van der Waals surface area contributed by atoms with Crippen LogP contribution in [0.25, 0.3) is 0 Å². The summed E-state index contributed by atoms with van der Waals surface area (Å²) in [4.78, 5) is 39.5. The molecule has 2 amide bonds. The maximum absolute atomic E-state index is 13.2. The van der Waals surface area contributed by atoms with Crippen molar-refractivity contribution in [3.8, 4) is 0 Å². The second-order valence-electron chi connectivity index (χ2n) is 10.6. The van der Waals surface area contributed by atoms with Crippen molar-refractivity contribution in [2.75, 3.05) is 11.9 Å². The highest BCUT2D eigenvalue weighted by atomic mass is 32.2. The van der Waals surface area contributed by atoms with Gasteiger partial charge in [0.15, 0.2) is 16.7 Å². The number of carbonyl (C=O) groups excluding carboxylic acids is 3. The van der Waals surface area contributed by atoms with Crippen LogP contribution in [0.1, 0.15) is 78.2 Å². The molecule has 3 aromatic heterocycles. The van der Waals surface area contributed by atoms with Gasteiger partial charge in [-0.1, -0.05) is 32.5 Å². The van der Waals surface area contributed by atoms with E-state index in [0.29, 0.717) is 27.5 Å². The first-order valence-corrected chi connectivity index (χ1v) is 14.7. The zero-order chi connectivity index (χ0) is 28.3. The number of aromatic nitrogens is 3.